The summed E-state index contributed by atoms with van der Waals surface area (Å²) in [5, 5.41) is 17.4. The summed E-state index contributed by atoms with van der Waals surface area (Å²) >= 11 is 0. The largest absolute Gasteiger partial charge is 0.396 e. The number of carbonyl (C=O) groups excluding carboxylic acids is 2. The van der Waals surface area contributed by atoms with Gasteiger partial charge in [-0.2, -0.15) is 0 Å². The van der Waals surface area contributed by atoms with Gasteiger partial charge in [-0.3, -0.25) is 9.59 Å². The standard InChI is InChI=1S/C14H28N2O4/c15-13(19)14(20)16(9-5-1-3-7-11-17)10-6-2-4-8-12-18/h17-18H,1-12H2,(H2,15,19). The molecule has 118 valence electrons. The van der Waals surface area contributed by atoms with Crippen LogP contribution in [0.4, 0.5) is 0 Å². The summed E-state index contributed by atoms with van der Waals surface area (Å²) < 4.78 is 0. The molecule has 0 bridgehead atoms. The Morgan fingerprint density at radius 3 is 1.50 bits per heavy atom. The fourth-order valence-electron chi connectivity index (χ4n) is 2.01. The van der Waals surface area contributed by atoms with Gasteiger partial charge in [-0.25, -0.2) is 0 Å². The summed E-state index contributed by atoms with van der Waals surface area (Å²) in [4.78, 5) is 24.1. The van der Waals surface area contributed by atoms with Crippen molar-refractivity contribution in [3.05, 3.63) is 0 Å². The number of carbonyl (C=O) groups is 2. The smallest absolute Gasteiger partial charge is 0.311 e. The topological polar surface area (TPSA) is 104 Å². The molecule has 0 atom stereocenters. The van der Waals surface area contributed by atoms with Crippen molar-refractivity contribution in [2.45, 2.75) is 51.4 Å². The first kappa shape index (κ1) is 18.9. The molecule has 2 amide bonds. The van der Waals surface area contributed by atoms with Crippen LogP contribution in [-0.4, -0.2) is 53.2 Å². The Balaban J connectivity index is 3.95. The number of amides is 2. The zero-order chi connectivity index (χ0) is 15.2. The second-order valence-electron chi connectivity index (χ2n) is 4.93. The summed E-state index contributed by atoms with van der Waals surface area (Å²) in [6, 6.07) is 0. The number of rotatable bonds is 12. The monoisotopic (exact) mass is 288 g/mol. The van der Waals surface area contributed by atoms with Crippen molar-refractivity contribution < 1.29 is 19.8 Å². The molecule has 0 saturated heterocycles. The third-order valence-corrected chi connectivity index (χ3v) is 3.17. The Labute approximate surface area is 120 Å². The second-order valence-corrected chi connectivity index (χ2v) is 4.93. The van der Waals surface area contributed by atoms with E-state index in [4.69, 9.17) is 15.9 Å². The zero-order valence-corrected chi connectivity index (χ0v) is 12.2. The maximum absolute atomic E-state index is 11.7. The fraction of sp³-hybridized carbons (Fsp3) is 0.857. The summed E-state index contributed by atoms with van der Waals surface area (Å²) in [6.45, 7) is 1.45. The first-order valence-corrected chi connectivity index (χ1v) is 7.44. The summed E-state index contributed by atoms with van der Waals surface area (Å²) in [5.74, 6) is -1.52. The number of primary amides is 1. The van der Waals surface area contributed by atoms with Gasteiger partial charge in [0.1, 0.15) is 0 Å². The highest BCUT2D eigenvalue weighted by molar-refractivity contribution is 6.34. The quantitative estimate of drug-likeness (QED) is 0.357. The van der Waals surface area contributed by atoms with Crippen molar-refractivity contribution in [2.75, 3.05) is 26.3 Å². The van der Waals surface area contributed by atoms with Crippen molar-refractivity contribution in [1.82, 2.24) is 4.90 Å². The lowest BCUT2D eigenvalue weighted by atomic mass is 10.1. The van der Waals surface area contributed by atoms with Crippen LogP contribution >= 0.6 is 0 Å². The minimum atomic E-state index is -0.907. The molecule has 4 N–H and O–H groups in total. The summed E-state index contributed by atoms with van der Waals surface area (Å²) in [5.41, 5.74) is 5.04. The lowest BCUT2D eigenvalue weighted by Crippen LogP contribution is -2.41. The van der Waals surface area contributed by atoms with Crippen molar-refractivity contribution in [3.63, 3.8) is 0 Å². The molecule has 0 aliphatic carbocycles. The highest BCUT2D eigenvalue weighted by Crippen LogP contribution is 2.05. The van der Waals surface area contributed by atoms with E-state index in [1.165, 1.54) is 4.90 Å². The highest BCUT2D eigenvalue weighted by atomic mass is 16.3. The molecule has 0 aliphatic heterocycles. The number of hydrogen-bond donors (Lipinski definition) is 3. The molecular formula is C14H28N2O4. The Morgan fingerprint density at radius 1 is 0.750 bits per heavy atom. The van der Waals surface area contributed by atoms with E-state index < -0.39 is 11.8 Å². The van der Waals surface area contributed by atoms with Gasteiger partial charge < -0.3 is 20.8 Å². The van der Waals surface area contributed by atoms with E-state index in [0.717, 1.165) is 51.4 Å². The molecule has 0 aromatic carbocycles. The van der Waals surface area contributed by atoms with Gasteiger partial charge in [0.25, 0.3) is 0 Å². The van der Waals surface area contributed by atoms with Gasteiger partial charge in [0.15, 0.2) is 0 Å². The fourth-order valence-corrected chi connectivity index (χ4v) is 2.01. The van der Waals surface area contributed by atoms with E-state index in [1.807, 2.05) is 0 Å². The molecule has 0 saturated carbocycles. The van der Waals surface area contributed by atoms with Crippen LogP contribution in [-0.2, 0) is 9.59 Å². The van der Waals surface area contributed by atoms with Crippen LogP contribution in [0.3, 0.4) is 0 Å². The molecule has 0 aromatic rings. The van der Waals surface area contributed by atoms with Crippen LogP contribution in [0.25, 0.3) is 0 Å². The molecule has 20 heavy (non-hydrogen) atoms. The van der Waals surface area contributed by atoms with Gasteiger partial charge in [0.05, 0.1) is 0 Å². The Kier molecular flexibility index (Phi) is 12.1. The molecule has 0 fully saturated rings. The summed E-state index contributed by atoms with van der Waals surface area (Å²) in [6.07, 6.45) is 6.86. The van der Waals surface area contributed by atoms with Crippen LogP contribution in [0.5, 0.6) is 0 Å². The van der Waals surface area contributed by atoms with Gasteiger partial charge in [0, 0.05) is 26.3 Å². The number of nitrogens with zero attached hydrogens (tertiary/aromatic N) is 1. The Hall–Kier alpha value is -1.14. The average Bonchev–Trinajstić information content (AvgIpc) is 2.43. The third kappa shape index (κ3) is 9.75. The van der Waals surface area contributed by atoms with Gasteiger partial charge in [-0.15, -0.1) is 0 Å². The summed E-state index contributed by atoms with van der Waals surface area (Å²) in [7, 11) is 0. The van der Waals surface area contributed by atoms with E-state index in [1.54, 1.807) is 0 Å². The molecular weight excluding hydrogens is 260 g/mol. The minimum Gasteiger partial charge on any atom is -0.396 e. The van der Waals surface area contributed by atoms with E-state index >= 15 is 0 Å². The van der Waals surface area contributed by atoms with Crippen LogP contribution in [0.1, 0.15) is 51.4 Å². The molecule has 0 aromatic heterocycles. The molecule has 0 radical (unpaired) electrons. The van der Waals surface area contributed by atoms with Crippen molar-refractivity contribution in [2.24, 2.45) is 5.73 Å². The average molecular weight is 288 g/mol. The van der Waals surface area contributed by atoms with E-state index in [-0.39, 0.29) is 13.2 Å². The first-order chi connectivity index (χ1) is 9.63. The van der Waals surface area contributed by atoms with E-state index in [2.05, 4.69) is 0 Å². The van der Waals surface area contributed by atoms with E-state index in [9.17, 15) is 9.59 Å². The van der Waals surface area contributed by atoms with Gasteiger partial charge in [0.2, 0.25) is 0 Å². The van der Waals surface area contributed by atoms with Crippen molar-refractivity contribution in [1.29, 1.82) is 0 Å². The van der Waals surface area contributed by atoms with Crippen LogP contribution in [0.15, 0.2) is 0 Å². The van der Waals surface area contributed by atoms with E-state index in [0.29, 0.717) is 13.1 Å². The van der Waals surface area contributed by atoms with Gasteiger partial charge in [-0.1, -0.05) is 25.7 Å². The number of unbranched alkanes of at least 4 members (excludes halogenated alkanes) is 6. The van der Waals surface area contributed by atoms with Crippen LogP contribution in [0.2, 0.25) is 0 Å². The SMILES string of the molecule is NC(=O)C(=O)N(CCCCCCO)CCCCCCO. The first-order valence-electron chi connectivity index (χ1n) is 7.44. The third-order valence-electron chi connectivity index (χ3n) is 3.17. The zero-order valence-electron chi connectivity index (χ0n) is 12.2. The molecule has 6 heteroatoms. The van der Waals surface area contributed by atoms with Crippen molar-refractivity contribution >= 4 is 11.8 Å². The molecule has 0 spiro atoms. The maximum atomic E-state index is 11.7. The Bertz CT molecular complexity index is 258. The lowest BCUT2D eigenvalue weighted by molar-refractivity contribution is -0.144. The maximum Gasteiger partial charge on any atom is 0.311 e. The molecule has 0 unspecified atom stereocenters. The number of nitrogens with two attached hydrogens (primary N) is 1. The number of aliphatic hydroxyl groups excluding tert-OH is 2. The minimum absolute atomic E-state index is 0.189. The van der Waals surface area contributed by atoms with Crippen LogP contribution < -0.4 is 5.73 Å². The predicted molar refractivity (Wildman–Crippen MR) is 76.9 cm³/mol. The normalized spacial score (nSPS) is 10.5. The molecule has 0 rings (SSSR count). The molecule has 0 heterocycles. The van der Waals surface area contributed by atoms with Gasteiger partial charge >= 0.3 is 11.8 Å². The number of hydrogen-bond acceptors (Lipinski definition) is 4. The number of aliphatic hydroxyl groups is 2. The molecule has 0 aliphatic rings. The Morgan fingerprint density at radius 2 is 1.15 bits per heavy atom. The highest BCUT2D eigenvalue weighted by Gasteiger charge is 2.17. The molecule has 6 nitrogen and oxygen atoms in total. The van der Waals surface area contributed by atoms with Crippen LogP contribution in [0, 0.1) is 0 Å². The lowest BCUT2D eigenvalue weighted by Gasteiger charge is -2.21. The second kappa shape index (κ2) is 12.9. The van der Waals surface area contributed by atoms with Crippen molar-refractivity contribution in [3.8, 4) is 0 Å². The predicted octanol–water partition coefficient (Wildman–Crippen LogP) is 0.406. The van der Waals surface area contributed by atoms with Gasteiger partial charge in [-0.05, 0) is 25.7 Å².